The molecular formula is C50H81N7O5. The zero-order valence-corrected chi connectivity index (χ0v) is 39.4. The van der Waals surface area contributed by atoms with Crippen LogP contribution >= 0.6 is 0 Å². The van der Waals surface area contributed by atoms with Gasteiger partial charge in [-0.25, -0.2) is 9.80 Å². The van der Waals surface area contributed by atoms with E-state index < -0.39 is 12.6 Å². The fourth-order valence-electron chi connectivity index (χ4n) is 7.65. The number of aliphatic hydroxyl groups is 2. The average molecular weight is 860 g/mol. The van der Waals surface area contributed by atoms with E-state index in [1.807, 2.05) is 93.6 Å². The first-order valence-corrected chi connectivity index (χ1v) is 23.5. The van der Waals surface area contributed by atoms with Crippen LogP contribution in [-0.2, 0) is 9.47 Å². The summed E-state index contributed by atoms with van der Waals surface area (Å²) in [5.41, 5.74) is 4.35. The summed E-state index contributed by atoms with van der Waals surface area (Å²) < 4.78 is 11.9. The van der Waals surface area contributed by atoms with Gasteiger partial charge in [-0.1, -0.05) is 110 Å². The molecule has 1 amide bonds. The number of ether oxygens (including phenoxy) is 2. The molecule has 3 aromatic rings. The molecule has 3 aromatic carbocycles. The lowest BCUT2D eigenvalue weighted by Crippen LogP contribution is -2.74. The van der Waals surface area contributed by atoms with Crippen molar-refractivity contribution in [2.45, 2.75) is 163 Å². The van der Waals surface area contributed by atoms with E-state index in [0.29, 0.717) is 30.6 Å². The largest absolute Gasteiger partial charge is 0.364 e. The molecule has 1 saturated heterocycles. The highest BCUT2D eigenvalue weighted by Gasteiger charge is 2.39. The van der Waals surface area contributed by atoms with Gasteiger partial charge < -0.3 is 41.0 Å². The number of carbonyl (C=O) groups excluding carboxylic acids is 1. The molecule has 1 heterocycles. The minimum Gasteiger partial charge on any atom is -0.364 e. The first-order valence-electron chi connectivity index (χ1n) is 23.5. The molecule has 1 fully saturated rings. The van der Waals surface area contributed by atoms with Crippen molar-refractivity contribution in [1.82, 2.24) is 20.4 Å². The van der Waals surface area contributed by atoms with Gasteiger partial charge in [-0.05, 0) is 107 Å². The first-order chi connectivity index (χ1) is 29.8. The normalized spacial score (nSPS) is 19.4. The Labute approximate surface area is 373 Å². The molecule has 0 aliphatic carbocycles. The number of nitrogens with zero attached hydrogens (tertiary/aromatic N) is 2. The fourth-order valence-corrected chi connectivity index (χ4v) is 7.65. The third kappa shape index (κ3) is 16.4. The minimum atomic E-state index is -0.988. The van der Waals surface area contributed by atoms with Crippen LogP contribution in [0.15, 0.2) is 72.8 Å². The van der Waals surface area contributed by atoms with Crippen molar-refractivity contribution in [3.63, 3.8) is 0 Å². The maximum atomic E-state index is 12.9. The molecule has 346 valence electrons. The van der Waals surface area contributed by atoms with Crippen molar-refractivity contribution in [1.29, 1.82) is 0 Å². The molecule has 0 aromatic heterocycles. The Morgan fingerprint density at radius 2 is 1.11 bits per heavy atom. The Balaban J connectivity index is 1.57. The van der Waals surface area contributed by atoms with Crippen LogP contribution in [0.2, 0.25) is 0 Å². The molecule has 12 heteroatoms. The Morgan fingerprint density at radius 1 is 0.661 bits per heavy atom. The molecule has 0 saturated carbocycles. The van der Waals surface area contributed by atoms with E-state index in [2.05, 4.69) is 78.1 Å². The van der Waals surface area contributed by atoms with Crippen LogP contribution in [-0.4, -0.2) is 77.1 Å². The molecule has 0 radical (unpaired) electrons. The summed E-state index contributed by atoms with van der Waals surface area (Å²) in [6.07, 6.45) is 9.17. The van der Waals surface area contributed by atoms with Crippen LogP contribution in [0.3, 0.4) is 0 Å². The van der Waals surface area contributed by atoms with Crippen molar-refractivity contribution < 1.29 is 24.5 Å². The highest BCUT2D eigenvalue weighted by atomic mass is 16.6. The van der Waals surface area contributed by atoms with Gasteiger partial charge in [-0.3, -0.25) is 10.1 Å². The van der Waals surface area contributed by atoms with E-state index in [-0.39, 0.29) is 30.3 Å². The van der Waals surface area contributed by atoms with Crippen LogP contribution in [0, 0.1) is 11.8 Å². The van der Waals surface area contributed by atoms with Crippen LogP contribution in [0.4, 0.5) is 17.1 Å². The van der Waals surface area contributed by atoms with E-state index in [1.165, 1.54) is 12.8 Å². The predicted octanol–water partition coefficient (Wildman–Crippen LogP) is 10.2. The number of aliphatic hydroxyl groups excluding tert-OH is 2. The third-order valence-corrected chi connectivity index (χ3v) is 11.8. The smallest absolute Gasteiger partial charge is 0.251 e. The number of rotatable bonds is 27. The monoisotopic (exact) mass is 860 g/mol. The van der Waals surface area contributed by atoms with Crippen LogP contribution in [0.5, 0.6) is 0 Å². The quantitative estimate of drug-likeness (QED) is 0.0291. The van der Waals surface area contributed by atoms with E-state index in [1.54, 1.807) is 0 Å². The topological polar surface area (TPSA) is 143 Å². The van der Waals surface area contributed by atoms with Gasteiger partial charge in [-0.15, -0.1) is 0 Å². The second-order valence-electron chi connectivity index (χ2n) is 18.1. The Kier molecular flexibility index (Phi) is 21.5. The molecule has 7 N–H and O–H groups in total. The van der Waals surface area contributed by atoms with Gasteiger partial charge in [0.1, 0.15) is 18.9 Å². The number of amides is 1. The number of nitrogens with one attached hydrogen (secondary N) is 5. The SMILES string of the molecule is CCCCCN1C(Nc2ccc(C(O)OCC(CC)CCCC)cc2)NC(Nc2ccc(C(=O)NC(C)(C)C)cc2)N(C)C1Nc1ccc(C(O)OCC(CC)CCCC)cc1. The van der Waals surface area contributed by atoms with Gasteiger partial charge in [0.2, 0.25) is 0 Å². The number of benzene rings is 3. The fraction of sp³-hybridized carbons (Fsp3) is 0.620. The lowest BCUT2D eigenvalue weighted by Gasteiger charge is -2.52. The second kappa shape index (κ2) is 26.1. The van der Waals surface area contributed by atoms with Crippen LogP contribution in [0.25, 0.3) is 0 Å². The number of hydrogen-bond donors (Lipinski definition) is 7. The standard InChI is InChI=1S/C50H81N7O5/c1-10-15-18-33-57-48(52-42-29-23-39(24-30-42)45(59)61-34-36(13-4)19-16-11-2)54-47(51-41-27-21-38(22-28-41)44(58)55-50(6,7)8)56(9)49(57)53-43-31-25-40(26-32-43)46(60)62-35-37(14-5)20-17-12-3/h21-32,36-37,45-49,51-54,59-60H,10-20,33-35H2,1-9H3,(H,55,58). The van der Waals surface area contributed by atoms with E-state index in [0.717, 1.165) is 92.5 Å². The van der Waals surface area contributed by atoms with Crippen molar-refractivity contribution in [3.05, 3.63) is 89.5 Å². The van der Waals surface area contributed by atoms with Gasteiger partial charge in [0.05, 0.1) is 13.2 Å². The van der Waals surface area contributed by atoms with Gasteiger partial charge in [-0.2, -0.15) is 0 Å². The molecule has 1 aliphatic rings. The molecule has 7 unspecified atom stereocenters. The van der Waals surface area contributed by atoms with E-state index in [9.17, 15) is 15.0 Å². The maximum Gasteiger partial charge on any atom is 0.251 e. The van der Waals surface area contributed by atoms with Gasteiger partial charge in [0.25, 0.3) is 5.91 Å². The van der Waals surface area contributed by atoms with Gasteiger partial charge in [0, 0.05) is 45.8 Å². The van der Waals surface area contributed by atoms with E-state index >= 15 is 0 Å². The molecule has 4 rings (SSSR count). The summed E-state index contributed by atoms with van der Waals surface area (Å²) in [6.45, 7) is 18.8. The minimum absolute atomic E-state index is 0.113. The number of carbonyl (C=O) groups is 1. The van der Waals surface area contributed by atoms with E-state index in [4.69, 9.17) is 9.47 Å². The lowest BCUT2D eigenvalue weighted by molar-refractivity contribution is -0.114. The summed E-state index contributed by atoms with van der Waals surface area (Å²) >= 11 is 0. The molecule has 12 nitrogen and oxygen atoms in total. The molecule has 62 heavy (non-hydrogen) atoms. The molecule has 1 aliphatic heterocycles. The summed E-state index contributed by atoms with van der Waals surface area (Å²) in [7, 11) is 2.08. The number of unbranched alkanes of at least 4 members (excludes halogenated alkanes) is 4. The molecule has 0 bridgehead atoms. The van der Waals surface area contributed by atoms with Crippen molar-refractivity contribution in [3.8, 4) is 0 Å². The molecule has 7 atom stereocenters. The van der Waals surface area contributed by atoms with Crippen molar-refractivity contribution in [2.24, 2.45) is 11.8 Å². The number of anilines is 3. The summed E-state index contributed by atoms with van der Waals surface area (Å²) in [6, 6.07) is 23.2. The third-order valence-electron chi connectivity index (χ3n) is 11.8. The Bertz CT molecular complexity index is 1690. The number of hydrogen-bond acceptors (Lipinski definition) is 11. The van der Waals surface area contributed by atoms with Gasteiger partial charge in [0.15, 0.2) is 12.6 Å². The zero-order chi connectivity index (χ0) is 45.1. The first kappa shape index (κ1) is 50.9. The summed E-state index contributed by atoms with van der Waals surface area (Å²) in [5.74, 6) is 0.759. The zero-order valence-electron chi connectivity index (χ0n) is 39.4. The average Bonchev–Trinajstić information content (AvgIpc) is 3.26. The van der Waals surface area contributed by atoms with Crippen molar-refractivity contribution in [2.75, 3.05) is 42.8 Å². The summed E-state index contributed by atoms with van der Waals surface area (Å²) in [5, 5.41) is 40.0. The lowest BCUT2D eigenvalue weighted by atomic mass is 10.0. The highest BCUT2D eigenvalue weighted by Crippen LogP contribution is 2.27. The molecule has 0 spiro atoms. The van der Waals surface area contributed by atoms with Gasteiger partial charge >= 0.3 is 0 Å². The highest BCUT2D eigenvalue weighted by molar-refractivity contribution is 5.95. The Morgan fingerprint density at radius 3 is 1.56 bits per heavy atom. The van der Waals surface area contributed by atoms with Crippen molar-refractivity contribution >= 4 is 23.0 Å². The summed E-state index contributed by atoms with van der Waals surface area (Å²) in [4.78, 5) is 17.5. The Hall–Kier alpha value is -3.75. The predicted molar refractivity (Wildman–Crippen MR) is 254 cm³/mol. The van der Waals surface area contributed by atoms with Crippen LogP contribution in [0.1, 0.15) is 160 Å². The van der Waals surface area contributed by atoms with Crippen LogP contribution < -0.4 is 26.6 Å². The molecular weight excluding hydrogens is 779 g/mol. The second-order valence-corrected chi connectivity index (χ2v) is 18.1. The maximum absolute atomic E-state index is 12.9.